The molecular weight excluding hydrogens is 304 g/mol. The quantitative estimate of drug-likeness (QED) is 0.905. The van der Waals surface area contributed by atoms with Gasteiger partial charge in [-0.3, -0.25) is 4.79 Å². The molecule has 7 heteroatoms. The first kappa shape index (κ1) is 15.1. The zero-order chi connectivity index (χ0) is 16.7. The molecule has 2 N–H and O–H groups in total. The highest BCUT2D eigenvalue weighted by Crippen LogP contribution is 2.48. The zero-order valence-corrected chi connectivity index (χ0v) is 14.0. The van der Waals surface area contributed by atoms with Gasteiger partial charge in [0.2, 0.25) is 0 Å². The fourth-order valence-electron chi connectivity index (χ4n) is 4.36. The summed E-state index contributed by atoms with van der Waals surface area (Å²) in [6.07, 6.45) is 3.59. The molecule has 1 saturated heterocycles. The van der Waals surface area contributed by atoms with E-state index in [1.165, 1.54) is 12.8 Å². The van der Waals surface area contributed by atoms with Gasteiger partial charge in [-0.05, 0) is 47.6 Å². The molecule has 24 heavy (non-hydrogen) atoms. The van der Waals surface area contributed by atoms with Gasteiger partial charge in [0.25, 0.3) is 11.9 Å². The number of nitrogens with zero attached hydrogens (tertiary/aromatic N) is 4. The first-order valence-electron chi connectivity index (χ1n) is 8.46. The number of rotatable bonds is 3. The van der Waals surface area contributed by atoms with Crippen molar-refractivity contribution in [1.82, 2.24) is 25.5 Å². The number of amides is 1. The van der Waals surface area contributed by atoms with E-state index in [1.807, 2.05) is 24.3 Å². The average molecular weight is 326 g/mol. The van der Waals surface area contributed by atoms with E-state index >= 15 is 0 Å². The van der Waals surface area contributed by atoms with E-state index < -0.39 is 0 Å². The molecule has 1 aliphatic carbocycles. The number of aromatic nitrogens is 4. The molecule has 2 atom stereocenters. The zero-order valence-electron chi connectivity index (χ0n) is 14.0. The van der Waals surface area contributed by atoms with Crippen molar-refractivity contribution in [1.29, 1.82) is 0 Å². The maximum absolute atomic E-state index is 13.1. The number of nitrogens with one attached hydrogen (secondary N) is 2. The number of benzene rings is 1. The van der Waals surface area contributed by atoms with Gasteiger partial charge in [-0.15, -0.1) is 5.10 Å². The molecule has 0 unspecified atom stereocenters. The number of hydrogen-bond donors (Lipinski definition) is 2. The van der Waals surface area contributed by atoms with Crippen LogP contribution in [0.1, 0.15) is 43.5 Å². The van der Waals surface area contributed by atoms with Crippen LogP contribution in [0.25, 0.3) is 0 Å². The van der Waals surface area contributed by atoms with Gasteiger partial charge in [0.1, 0.15) is 0 Å². The van der Waals surface area contributed by atoms with Gasteiger partial charge in [0.15, 0.2) is 0 Å². The third-order valence-corrected chi connectivity index (χ3v) is 5.43. The summed E-state index contributed by atoms with van der Waals surface area (Å²) in [4.78, 5) is 15.2. The first-order valence-corrected chi connectivity index (χ1v) is 8.46. The molecular formula is C17H22N6O. The normalized spacial score (nSPS) is 24.8. The van der Waals surface area contributed by atoms with Crippen molar-refractivity contribution in [2.75, 3.05) is 11.9 Å². The van der Waals surface area contributed by atoms with Crippen LogP contribution in [0, 0.1) is 11.3 Å². The fourth-order valence-corrected chi connectivity index (χ4v) is 4.36. The van der Waals surface area contributed by atoms with Gasteiger partial charge < -0.3 is 10.2 Å². The van der Waals surface area contributed by atoms with E-state index in [9.17, 15) is 4.79 Å². The van der Waals surface area contributed by atoms with Gasteiger partial charge in [-0.1, -0.05) is 31.4 Å². The number of carbonyl (C=O) groups excluding carboxylic acids is 1. The van der Waals surface area contributed by atoms with Crippen LogP contribution >= 0.6 is 0 Å². The third-order valence-electron chi connectivity index (χ3n) is 5.43. The standard InChI is InChI=1S/C17H22N6O/c1-17(2)10-23(14-8-4-7-13(14)17)15(24)11-5-3-6-12(9-11)18-16-19-21-22-20-16/h3,5-6,9,13-14H,4,7-8,10H2,1-2H3,(H2,18,19,20,21,22)/t13-,14+/m0/s1. The highest BCUT2D eigenvalue weighted by atomic mass is 16.2. The van der Waals surface area contributed by atoms with Gasteiger partial charge in [0.05, 0.1) is 0 Å². The summed E-state index contributed by atoms with van der Waals surface area (Å²) in [7, 11) is 0. The first-order chi connectivity index (χ1) is 11.5. The Morgan fingerprint density at radius 2 is 2.25 bits per heavy atom. The van der Waals surface area contributed by atoms with E-state index in [0.29, 0.717) is 23.5 Å². The molecule has 7 nitrogen and oxygen atoms in total. The largest absolute Gasteiger partial charge is 0.335 e. The Balaban J connectivity index is 1.56. The average Bonchev–Trinajstić information content (AvgIpc) is 3.27. The van der Waals surface area contributed by atoms with Crippen LogP contribution in [0.15, 0.2) is 24.3 Å². The predicted octanol–water partition coefficient (Wildman–Crippen LogP) is 2.59. The van der Waals surface area contributed by atoms with Crippen LogP contribution in [-0.4, -0.2) is 44.0 Å². The minimum atomic E-state index is 0.120. The van der Waals surface area contributed by atoms with Crippen molar-refractivity contribution < 1.29 is 4.79 Å². The molecule has 1 aromatic heterocycles. The molecule has 0 bridgehead atoms. The molecule has 1 amide bonds. The second-order valence-electron chi connectivity index (χ2n) is 7.47. The highest BCUT2D eigenvalue weighted by molar-refractivity contribution is 5.95. The molecule has 4 rings (SSSR count). The minimum absolute atomic E-state index is 0.120. The van der Waals surface area contributed by atoms with Crippen LogP contribution in [0.4, 0.5) is 11.6 Å². The summed E-state index contributed by atoms with van der Waals surface area (Å²) < 4.78 is 0. The Kier molecular flexibility index (Phi) is 3.51. The molecule has 0 radical (unpaired) electrons. The minimum Gasteiger partial charge on any atom is -0.335 e. The Bertz CT molecular complexity index is 741. The molecule has 2 aromatic rings. The highest BCUT2D eigenvalue weighted by Gasteiger charge is 2.50. The van der Waals surface area contributed by atoms with Crippen LogP contribution < -0.4 is 5.32 Å². The van der Waals surface area contributed by atoms with Crippen molar-refractivity contribution in [3.8, 4) is 0 Å². The fraction of sp³-hybridized carbons (Fsp3) is 0.529. The van der Waals surface area contributed by atoms with Gasteiger partial charge in [0, 0.05) is 23.8 Å². The summed E-state index contributed by atoms with van der Waals surface area (Å²) in [6, 6.07) is 7.89. The van der Waals surface area contributed by atoms with E-state index in [2.05, 4.69) is 44.7 Å². The van der Waals surface area contributed by atoms with E-state index in [4.69, 9.17) is 0 Å². The summed E-state index contributed by atoms with van der Waals surface area (Å²) in [5.74, 6) is 1.13. The van der Waals surface area contributed by atoms with Crippen LogP contribution in [0.3, 0.4) is 0 Å². The van der Waals surface area contributed by atoms with Crippen molar-refractivity contribution in [2.24, 2.45) is 11.3 Å². The maximum atomic E-state index is 13.1. The topological polar surface area (TPSA) is 86.8 Å². The number of likely N-dealkylation sites (tertiary alicyclic amines) is 1. The van der Waals surface area contributed by atoms with Crippen LogP contribution in [0.2, 0.25) is 0 Å². The second-order valence-corrected chi connectivity index (χ2v) is 7.47. The molecule has 2 aliphatic rings. The van der Waals surface area contributed by atoms with E-state index in [1.54, 1.807) is 0 Å². The smallest absolute Gasteiger partial charge is 0.267 e. The van der Waals surface area contributed by atoms with Gasteiger partial charge in [-0.25, -0.2) is 0 Å². The molecule has 1 saturated carbocycles. The third kappa shape index (κ3) is 2.53. The number of aromatic amines is 1. The monoisotopic (exact) mass is 326 g/mol. The molecule has 1 aliphatic heterocycles. The Labute approximate surface area is 140 Å². The lowest BCUT2D eigenvalue weighted by atomic mass is 9.80. The van der Waals surface area contributed by atoms with Crippen molar-refractivity contribution in [3.63, 3.8) is 0 Å². The predicted molar refractivity (Wildman–Crippen MR) is 89.8 cm³/mol. The number of anilines is 2. The van der Waals surface area contributed by atoms with Gasteiger partial charge in [-0.2, -0.15) is 5.21 Å². The molecule has 2 heterocycles. The summed E-state index contributed by atoms with van der Waals surface area (Å²) in [5, 5.41) is 16.7. The summed E-state index contributed by atoms with van der Waals surface area (Å²) >= 11 is 0. The van der Waals surface area contributed by atoms with Gasteiger partial charge >= 0.3 is 0 Å². The lowest BCUT2D eigenvalue weighted by molar-refractivity contribution is 0.0722. The molecule has 1 aromatic carbocycles. The lowest BCUT2D eigenvalue weighted by Crippen LogP contribution is -2.36. The second kappa shape index (κ2) is 5.58. The Morgan fingerprint density at radius 3 is 3.04 bits per heavy atom. The number of carbonyl (C=O) groups is 1. The van der Waals surface area contributed by atoms with Crippen molar-refractivity contribution in [2.45, 2.75) is 39.2 Å². The lowest BCUT2D eigenvalue weighted by Gasteiger charge is -2.24. The van der Waals surface area contributed by atoms with Crippen molar-refractivity contribution in [3.05, 3.63) is 29.8 Å². The van der Waals surface area contributed by atoms with E-state index in [0.717, 1.165) is 18.7 Å². The summed E-state index contributed by atoms with van der Waals surface area (Å²) in [5.41, 5.74) is 1.69. The van der Waals surface area contributed by atoms with Crippen LogP contribution in [0.5, 0.6) is 0 Å². The number of fused-ring (bicyclic) bond motifs is 1. The molecule has 0 spiro atoms. The Morgan fingerprint density at radius 1 is 1.38 bits per heavy atom. The van der Waals surface area contributed by atoms with E-state index in [-0.39, 0.29) is 11.3 Å². The number of H-pyrrole nitrogens is 1. The van der Waals surface area contributed by atoms with Crippen LogP contribution in [-0.2, 0) is 0 Å². The maximum Gasteiger partial charge on any atom is 0.267 e. The Hall–Kier alpha value is -2.44. The van der Waals surface area contributed by atoms with Crippen molar-refractivity contribution >= 4 is 17.5 Å². The summed E-state index contributed by atoms with van der Waals surface area (Å²) in [6.45, 7) is 5.42. The number of tetrazole rings is 1. The number of hydrogen-bond acceptors (Lipinski definition) is 5. The SMILES string of the molecule is CC1(C)CN(C(=O)c2cccc(Nc3nn[nH]n3)c2)[C@@H]2CCC[C@@H]21. The molecule has 2 fully saturated rings. The molecule has 126 valence electrons.